The molecule has 15 rings (SSSR count). The number of pyridine rings is 8. The fourth-order valence-corrected chi connectivity index (χ4v) is 10.4. The van der Waals surface area contributed by atoms with Crippen LogP contribution in [-0.4, -0.2) is 120 Å². The van der Waals surface area contributed by atoms with Crippen LogP contribution in [0.4, 0.5) is 26.3 Å². The van der Waals surface area contributed by atoms with Crippen molar-refractivity contribution in [2.24, 2.45) is 21.1 Å². The minimum Gasteiger partial charge on any atom is -0.512 e. The second-order valence-electron chi connectivity index (χ2n) is 23.8. The zero-order valence-electron chi connectivity index (χ0n) is 64.4. The van der Waals surface area contributed by atoms with Crippen molar-refractivity contribution in [2.75, 3.05) is 7.05 Å². The van der Waals surface area contributed by atoms with Gasteiger partial charge in [-0.15, -0.1) is 77.7 Å². The van der Waals surface area contributed by atoms with Crippen molar-refractivity contribution in [3.05, 3.63) is 330 Å². The van der Waals surface area contributed by atoms with Crippen molar-refractivity contribution < 1.29 is 166 Å². The molecule has 629 valence electrons. The van der Waals surface area contributed by atoms with Gasteiger partial charge < -0.3 is 50.7 Å². The number of ketones is 1. The number of rotatable bonds is 11. The number of aromatic nitrogens is 14. The Labute approximate surface area is 752 Å². The number of aliphatic hydroxyl groups excluding tert-OH is 1. The van der Waals surface area contributed by atoms with E-state index in [0.29, 0.717) is 23.6 Å². The number of halogens is 6. The summed E-state index contributed by atoms with van der Waals surface area (Å²) in [5, 5.41) is 51.4. The van der Waals surface area contributed by atoms with Crippen molar-refractivity contribution >= 4 is 55.9 Å². The second kappa shape index (κ2) is 52.8. The van der Waals surface area contributed by atoms with Gasteiger partial charge in [0, 0.05) is 188 Å². The quantitative estimate of drug-likeness (QED) is 0.0264. The number of fused-ring (bicyclic) bond motifs is 2. The predicted molar refractivity (Wildman–Crippen MR) is 418 cm³/mol. The number of benzene rings is 3. The zero-order chi connectivity index (χ0) is 83.0. The monoisotopic (exact) mass is 2530 g/mol. The Morgan fingerprint density at radius 2 is 0.899 bits per heavy atom. The van der Waals surface area contributed by atoms with Crippen LogP contribution < -0.4 is 5.32 Å². The number of carboxylic acids is 3. The molecule has 23 nitrogen and oxygen atoms in total. The van der Waals surface area contributed by atoms with Crippen LogP contribution in [0.15, 0.2) is 219 Å². The number of thiophene rings is 1. The molecule has 12 heterocycles. The maximum atomic E-state index is 13.4. The summed E-state index contributed by atoms with van der Waals surface area (Å²) in [5.41, 5.74) is 9.17. The van der Waals surface area contributed by atoms with Crippen molar-refractivity contribution in [1.82, 2.24) is 74.5 Å². The Hall–Kier alpha value is -10.9. The first kappa shape index (κ1) is 104. The number of carboxylic acid groups (broad SMARTS) is 3. The van der Waals surface area contributed by atoms with Crippen molar-refractivity contribution in [3.63, 3.8) is 0 Å². The largest absolute Gasteiger partial charge is 0.512 e. The molecular weight excluding hydrogens is 2450 g/mol. The number of aryl methyl sites for hydroxylation is 7. The summed E-state index contributed by atoms with van der Waals surface area (Å²) < 4.78 is 83.3. The van der Waals surface area contributed by atoms with Gasteiger partial charge in [-0.25, -0.2) is 52.1 Å². The van der Waals surface area contributed by atoms with E-state index in [2.05, 4.69) is 121 Å². The van der Waals surface area contributed by atoms with Gasteiger partial charge in [0.15, 0.2) is 22.9 Å². The molecule has 3 aromatic carbocycles. The summed E-state index contributed by atoms with van der Waals surface area (Å²) in [6.07, 6.45) is 9.47. The van der Waals surface area contributed by atoms with Gasteiger partial charge in [-0.2, -0.15) is 15.3 Å². The SMILES string of the molecule is CC(=O)C=C(C)O.CNCc1ccnc(-c2[c-]cc(F)nc2F)c1.Cc1cc(C(=O)O)nn1C.Cc1cc(C(=O)O)nn1C.Cc1cc(C(=O)O)nn1C.Cc1ccnc(-c2[c-]cc(F)nc2F)c1.Fc1c[c-]c(-c2ccccn2)c(F)n1.[Ir].[Ir].[Ir].[Ir].[Ir].[c-]1c(-c2ccccn2)sc2ccccc12.[c-]1ccccc1-c1nccc2ccccc12. The van der Waals surface area contributed by atoms with E-state index < -0.39 is 53.6 Å². The molecule has 0 saturated carbocycles. The van der Waals surface area contributed by atoms with E-state index in [-0.39, 0.29) is 146 Å². The third-order valence-corrected chi connectivity index (χ3v) is 16.2. The molecule has 12 aromatic heterocycles. The van der Waals surface area contributed by atoms with Crippen LogP contribution in [0.25, 0.3) is 76.5 Å². The van der Waals surface area contributed by atoms with Gasteiger partial charge in [-0.3, -0.25) is 33.8 Å². The number of carbonyl (C=O) groups excluding carboxylic acids is 1. The molecule has 119 heavy (non-hydrogen) atoms. The fourth-order valence-electron chi connectivity index (χ4n) is 9.46. The molecule has 15 aromatic rings. The molecule has 5 radical (unpaired) electrons. The summed E-state index contributed by atoms with van der Waals surface area (Å²) in [7, 11) is 6.94. The number of allylic oxidation sites excluding steroid dienone is 2. The topological polar surface area (TPSA) is 318 Å². The average molecular weight is 2530 g/mol. The van der Waals surface area contributed by atoms with E-state index in [1.165, 1.54) is 79.2 Å². The van der Waals surface area contributed by atoms with Crippen LogP contribution >= 0.6 is 11.3 Å². The Kier molecular flexibility index (Phi) is 46.2. The number of aromatic carboxylic acids is 3. The Morgan fingerprint density at radius 1 is 0.471 bits per heavy atom. The standard InChI is InChI=1S/C15H10N.C13H8NS.C12H10F2N3.C11H7F2N2.C10H5F2N2.3C6H8N2O2.C5H8O2.5Ir/c1-2-7-13(8-3-1)15-14-9-5-4-6-12(14)10-11-16-15;1-2-7-12-10(5-1)9-13(15-12)11-6-3-4-8-14-11;1-15-7-8-4-5-16-10(6-8)9-2-3-11(13)17-12(9)14;1-7-4-5-14-9(6-7)8-2-3-10(12)15-11(8)13;11-9-5-4-7(10(12)14-9)8-3-1-2-6-13-8;3*1-4-3-5(6(9)10)7-8(4)2;1-4(6)3-5(2)7;;;;;/h1-7,9-11H;1-8H;3-6,15H,7H2,1H3;3-6H,1H3;1-3,5-6H;3*3H,1-2H3,(H,9,10);3,6H,1-2H3;;;;;/q5*-1;;;;;;;;;. The van der Waals surface area contributed by atoms with E-state index in [1.54, 1.807) is 102 Å². The molecule has 0 aliphatic heterocycles. The maximum Gasteiger partial charge on any atom is 0.356 e. The van der Waals surface area contributed by atoms with Crippen LogP contribution in [0.2, 0.25) is 0 Å². The molecule has 5 N–H and O–H groups in total. The Bertz CT molecular complexity index is 5530. The normalized spacial score (nSPS) is 9.90. The Balaban J connectivity index is 0.000000456. The van der Waals surface area contributed by atoms with Crippen molar-refractivity contribution in [1.29, 1.82) is 0 Å². The van der Waals surface area contributed by atoms with E-state index in [4.69, 9.17) is 20.4 Å². The molecule has 0 saturated heterocycles. The molecule has 0 spiro atoms. The van der Waals surface area contributed by atoms with Gasteiger partial charge in [0.1, 0.15) is 35.7 Å². The molecule has 0 atom stereocenters. The third kappa shape index (κ3) is 33.8. The van der Waals surface area contributed by atoms with E-state index >= 15 is 0 Å². The summed E-state index contributed by atoms with van der Waals surface area (Å²) in [5.74, 6) is -8.37. The van der Waals surface area contributed by atoms with Gasteiger partial charge in [-0.1, -0.05) is 113 Å². The average Bonchev–Trinajstić information content (AvgIpc) is 1.38. The van der Waals surface area contributed by atoms with Crippen LogP contribution in [-0.2, 0) is 133 Å². The van der Waals surface area contributed by atoms with Gasteiger partial charge in [-0.05, 0) is 146 Å². The van der Waals surface area contributed by atoms with E-state index in [1.807, 2.05) is 99.2 Å². The van der Waals surface area contributed by atoms with Crippen LogP contribution in [0.1, 0.15) is 73.5 Å². The summed E-state index contributed by atoms with van der Waals surface area (Å²) in [6.45, 7) is 10.8. The maximum absolute atomic E-state index is 13.4. The third-order valence-electron chi connectivity index (χ3n) is 15.1. The van der Waals surface area contributed by atoms with Gasteiger partial charge in [0.05, 0.1) is 5.76 Å². The molecule has 35 heteroatoms. The molecule has 0 amide bonds. The van der Waals surface area contributed by atoms with E-state index in [9.17, 15) is 45.5 Å². The zero-order valence-corrected chi connectivity index (χ0v) is 77.2. The first-order chi connectivity index (χ1) is 54.5. The van der Waals surface area contributed by atoms with Crippen LogP contribution in [0.3, 0.4) is 0 Å². The molecule has 0 bridgehead atoms. The van der Waals surface area contributed by atoms with Crippen LogP contribution in [0, 0.1) is 93.7 Å². The molecule has 0 aliphatic carbocycles. The molecule has 0 aliphatic rings. The minimum absolute atomic E-state index is 0. The first-order valence-electron chi connectivity index (χ1n) is 33.9. The minimum atomic E-state index is -0.983. The Morgan fingerprint density at radius 3 is 1.29 bits per heavy atom. The predicted octanol–water partition coefficient (Wildman–Crippen LogP) is 16.5. The number of carbonyl (C=O) groups is 4. The van der Waals surface area contributed by atoms with Gasteiger partial charge in [0.25, 0.3) is 0 Å². The molecular formula is C84H72F6Ir5N15O8S-5. The number of aliphatic hydroxyl groups is 1. The smallest absolute Gasteiger partial charge is 0.356 e. The van der Waals surface area contributed by atoms with Gasteiger partial charge >= 0.3 is 17.9 Å². The summed E-state index contributed by atoms with van der Waals surface area (Å²) in [6, 6.07) is 66.0. The number of nitrogens with one attached hydrogen (secondary N) is 1. The summed E-state index contributed by atoms with van der Waals surface area (Å²) >= 11 is 1.73. The fraction of sp³-hybridized carbons (Fsp3) is 0.131. The number of hydrogen-bond donors (Lipinski definition) is 5. The molecule has 0 unspecified atom stereocenters. The first-order valence-corrected chi connectivity index (χ1v) is 34.7. The number of nitrogens with zero attached hydrogens (tertiary/aromatic N) is 14. The number of hydrogen-bond acceptors (Lipinski definition) is 18. The van der Waals surface area contributed by atoms with E-state index in [0.717, 1.165) is 68.2 Å². The summed E-state index contributed by atoms with van der Waals surface area (Å²) in [4.78, 5) is 71.9. The van der Waals surface area contributed by atoms with Crippen LogP contribution in [0.5, 0.6) is 0 Å². The van der Waals surface area contributed by atoms with Crippen molar-refractivity contribution in [3.8, 4) is 55.6 Å². The van der Waals surface area contributed by atoms with Crippen molar-refractivity contribution in [2.45, 2.75) is 48.1 Å². The van der Waals surface area contributed by atoms with Gasteiger partial charge in [0.2, 0.25) is 0 Å². The second-order valence-corrected chi connectivity index (χ2v) is 24.9. The molecule has 0 fully saturated rings.